The lowest BCUT2D eigenvalue weighted by Crippen LogP contribution is -2.59. The number of nitrogens with one attached hydrogen (secondary N) is 1. The number of aromatic hydroxyl groups is 1. The molecule has 5 N–H and O–H groups in total. The van der Waals surface area contributed by atoms with Crippen LogP contribution in [0.25, 0.3) is 0 Å². The van der Waals surface area contributed by atoms with Gasteiger partial charge < -0.3 is 26.0 Å². The van der Waals surface area contributed by atoms with E-state index in [2.05, 4.69) is 12.2 Å². The molecule has 4 aliphatic rings. The SMILES string of the molecule is C[C@@H](NCc1cc(O)c2c(c1F)C[C@H]1C[C@H]3[C@H](N(C)C)C(O)=C(C(N)=O)C(=O)[C@@]3(C)C(Oc3ccccc3)=C1C2=O)C1CC1. The van der Waals surface area contributed by atoms with Gasteiger partial charge in [0.05, 0.1) is 17.0 Å². The summed E-state index contributed by atoms with van der Waals surface area (Å²) in [7, 11) is 3.43. The number of benzene rings is 2. The number of amides is 1. The zero-order valence-electron chi connectivity index (χ0n) is 25.3. The van der Waals surface area contributed by atoms with Gasteiger partial charge in [-0.2, -0.15) is 0 Å². The first-order valence-electron chi connectivity index (χ1n) is 15.1. The summed E-state index contributed by atoms with van der Waals surface area (Å²) < 4.78 is 22.6. The molecule has 0 spiro atoms. The number of phenols is 1. The smallest absolute Gasteiger partial charge is 0.255 e. The van der Waals surface area contributed by atoms with E-state index < -0.39 is 57.9 Å². The molecule has 1 saturated carbocycles. The molecule has 1 amide bonds. The van der Waals surface area contributed by atoms with Crippen LogP contribution in [0.4, 0.5) is 4.39 Å². The van der Waals surface area contributed by atoms with Crippen LogP contribution >= 0.6 is 0 Å². The van der Waals surface area contributed by atoms with Gasteiger partial charge in [0.15, 0.2) is 11.6 Å². The van der Waals surface area contributed by atoms with Gasteiger partial charge in [-0.15, -0.1) is 0 Å². The zero-order valence-corrected chi connectivity index (χ0v) is 25.3. The molecule has 4 aliphatic carbocycles. The van der Waals surface area contributed by atoms with Gasteiger partial charge in [-0.1, -0.05) is 18.2 Å². The molecule has 0 radical (unpaired) electrons. The van der Waals surface area contributed by atoms with Crippen LogP contribution in [0, 0.1) is 29.0 Å². The fraction of sp³-hybridized carbons (Fsp3) is 0.441. The number of hydrogen-bond acceptors (Lipinski definition) is 8. The summed E-state index contributed by atoms with van der Waals surface area (Å²) in [5, 5.41) is 25.7. The average Bonchev–Trinajstić information content (AvgIpc) is 3.81. The van der Waals surface area contributed by atoms with Gasteiger partial charge in [-0.3, -0.25) is 19.3 Å². The Balaban J connectivity index is 1.53. The number of primary amides is 1. The maximum atomic E-state index is 16.1. The number of nitrogens with two attached hydrogens (primary N) is 1. The highest BCUT2D eigenvalue weighted by molar-refractivity contribution is 6.23. The second-order valence-corrected chi connectivity index (χ2v) is 13.0. The molecule has 6 rings (SSSR count). The maximum Gasteiger partial charge on any atom is 0.255 e. The third-order valence-corrected chi connectivity index (χ3v) is 10.1. The molecule has 0 aliphatic heterocycles. The summed E-state index contributed by atoms with van der Waals surface area (Å²) in [6, 6.07) is 9.31. The van der Waals surface area contributed by atoms with Gasteiger partial charge in [-0.25, -0.2) is 4.39 Å². The highest BCUT2D eigenvalue weighted by Crippen LogP contribution is 2.57. The number of carbonyl (C=O) groups excluding carboxylic acids is 3. The number of aliphatic hydroxyl groups excluding tert-OH is 1. The number of likely N-dealkylation sites (N-methyl/N-ethyl adjacent to an activating group) is 1. The first-order valence-corrected chi connectivity index (χ1v) is 15.1. The number of ether oxygens (including phenoxy) is 1. The van der Waals surface area contributed by atoms with E-state index in [1.807, 2.05) is 0 Å². The van der Waals surface area contributed by atoms with E-state index in [1.165, 1.54) is 6.07 Å². The summed E-state index contributed by atoms with van der Waals surface area (Å²) >= 11 is 0. The molecule has 9 nitrogen and oxygen atoms in total. The Kier molecular flexibility index (Phi) is 7.41. The predicted octanol–water partition coefficient (Wildman–Crippen LogP) is 3.94. The topological polar surface area (TPSA) is 142 Å². The molecule has 0 heterocycles. The Morgan fingerprint density at radius 3 is 2.50 bits per heavy atom. The number of allylic oxidation sites excluding steroid dienone is 2. The number of nitrogens with zero attached hydrogens (tertiary/aromatic N) is 1. The van der Waals surface area contributed by atoms with Crippen LogP contribution in [0.15, 0.2) is 59.1 Å². The van der Waals surface area contributed by atoms with E-state index in [0.29, 0.717) is 11.7 Å². The highest BCUT2D eigenvalue weighted by atomic mass is 19.1. The van der Waals surface area contributed by atoms with Crippen LogP contribution in [0.2, 0.25) is 0 Å². The molecular weight excluding hydrogens is 565 g/mol. The number of fused-ring (bicyclic) bond motifs is 3. The lowest BCUT2D eigenvalue weighted by atomic mass is 9.54. The summed E-state index contributed by atoms with van der Waals surface area (Å²) in [6.07, 6.45) is 2.56. The van der Waals surface area contributed by atoms with Crippen molar-refractivity contribution in [2.24, 2.45) is 28.9 Å². The maximum absolute atomic E-state index is 16.1. The molecule has 2 aromatic carbocycles. The first kappa shape index (κ1) is 30.0. The van der Waals surface area contributed by atoms with Crippen molar-refractivity contribution in [1.82, 2.24) is 10.2 Å². The predicted molar refractivity (Wildman–Crippen MR) is 160 cm³/mol. The number of phenolic OH excluding ortho intramolecular Hbond substituents is 1. The van der Waals surface area contributed by atoms with Crippen molar-refractivity contribution in [2.45, 2.75) is 58.2 Å². The van der Waals surface area contributed by atoms with E-state index in [1.54, 1.807) is 56.3 Å². The third-order valence-electron chi connectivity index (χ3n) is 10.1. The van der Waals surface area contributed by atoms with Crippen LogP contribution in [-0.2, 0) is 22.6 Å². The van der Waals surface area contributed by atoms with Crippen molar-refractivity contribution in [3.63, 3.8) is 0 Å². The van der Waals surface area contributed by atoms with E-state index >= 15 is 4.39 Å². The zero-order chi connectivity index (χ0) is 31.7. The Bertz CT molecular complexity index is 1630. The molecular formula is C34H38FN3O6. The van der Waals surface area contributed by atoms with E-state index in [4.69, 9.17) is 10.5 Å². The summed E-state index contributed by atoms with van der Waals surface area (Å²) in [5.41, 5.74) is 3.91. The average molecular weight is 604 g/mol. The van der Waals surface area contributed by atoms with Crippen molar-refractivity contribution in [2.75, 3.05) is 14.1 Å². The third kappa shape index (κ3) is 4.62. The van der Waals surface area contributed by atoms with E-state index in [0.717, 1.165) is 12.8 Å². The standard InChI is InChI=1S/C34H38FN3O6/c1-16(17-10-11-17)37-15-19-14-23(39)25-21(27(19)35)12-18-13-22-28(38(3)4)30(41)26(33(36)43)31(42)34(22,2)32(24(18)29(25)40)44-20-8-6-5-7-9-20/h5-9,14,16-18,22,28,37,39,41H,10-13,15H2,1-4H3,(H2,36,43)/t16-,18+,22+,28+,34+/m1/s1. The quantitative estimate of drug-likeness (QED) is 0.333. The number of ketones is 2. The van der Waals surface area contributed by atoms with Crippen molar-refractivity contribution in [1.29, 1.82) is 0 Å². The minimum Gasteiger partial charge on any atom is -0.510 e. The summed E-state index contributed by atoms with van der Waals surface area (Å²) in [4.78, 5) is 42.8. The first-order chi connectivity index (χ1) is 20.9. The second kappa shape index (κ2) is 10.9. The summed E-state index contributed by atoms with van der Waals surface area (Å²) in [5.74, 6) is -4.08. The lowest BCUT2D eigenvalue weighted by Gasteiger charge is -2.52. The van der Waals surface area contributed by atoms with Crippen molar-refractivity contribution < 1.29 is 33.7 Å². The monoisotopic (exact) mass is 603 g/mol. The van der Waals surface area contributed by atoms with Crippen LogP contribution in [0.3, 0.4) is 0 Å². The molecule has 0 unspecified atom stereocenters. The van der Waals surface area contributed by atoms with E-state index in [9.17, 15) is 24.6 Å². The number of para-hydroxylation sites is 1. The molecule has 10 heteroatoms. The van der Waals surface area contributed by atoms with Gasteiger partial charge in [0.1, 0.15) is 34.4 Å². The number of Topliss-reactive ketones (excluding diaryl/α,β-unsaturated/α-hetero) is 2. The van der Waals surface area contributed by atoms with Gasteiger partial charge in [-0.05, 0) is 83.7 Å². The summed E-state index contributed by atoms with van der Waals surface area (Å²) in [6.45, 7) is 3.87. The molecule has 2 aromatic rings. The fourth-order valence-electron chi connectivity index (χ4n) is 7.56. The minimum absolute atomic E-state index is 0.0208. The Labute approximate surface area is 255 Å². The number of aliphatic hydroxyl groups is 1. The number of rotatable bonds is 8. The number of hydrogen-bond donors (Lipinski definition) is 4. The number of halogens is 1. The highest BCUT2D eigenvalue weighted by Gasteiger charge is 2.62. The van der Waals surface area contributed by atoms with Crippen LogP contribution in [-0.4, -0.2) is 58.8 Å². The molecule has 1 fully saturated rings. The molecule has 44 heavy (non-hydrogen) atoms. The Morgan fingerprint density at radius 1 is 1.20 bits per heavy atom. The molecule has 5 atom stereocenters. The number of carbonyl (C=O) groups is 3. The Morgan fingerprint density at radius 2 is 1.89 bits per heavy atom. The molecule has 0 bridgehead atoms. The second-order valence-electron chi connectivity index (χ2n) is 13.0. The van der Waals surface area contributed by atoms with Crippen LogP contribution in [0.5, 0.6) is 11.5 Å². The van der Waals surface area contributed by atoms with Crippen LogP contribution < -0.4 is 15.8 Å². The molecule has 0 saturated heterocycles. The van der Waals surface area contributed by atoms with Gasteiger partial charge in [0.2, 0.25) is 0 Å². The molecule has 0 aromatic heterocycles. The lowest BCUT2D eigenvalue weighted by molar-refractivity contribution is -0.133. The van der Waals surface area contributed by atoms with Gasteiger partial charge >= 0.3 is 0 Å². The van der Waals surface area contributed by atoms with Crippen molar-refractivity contribution in [3.05, 3.63) is 81.6 Å². The van der Waals surface area contributed by atoms with E-state index in [-0.39, 0.29) is 59.2 Å². The van der Waals surface area contributed by atoms with Gasteiger partial charge in [0, 0.05) is 35.2 Å². The van der Waals surface area contributed by atoms with Crippen molar-refractivity contribution >= 4 is 17.5 Å². The largest absolute Gasteiger partial charge is 0.510 e. The fourth-order valence-corrected chi connectivity index (χ4v) is 7.56. The van der Waals surface area contributed by atoms with Crippen LogP contribution in [0.1, 0.15) is 54.6 Å². The van der Waals surface area contributed by atoms with Crippen molar-refractivity contribution in [3.8, 4) is 11.5 Å². The molecule has 232 valence electrons. The normalized spacial score (nSPS) is 27.2. The minimum atomic E-state index is -1.59. The van der Waals surface area contributed by atoms with Gasteiger partial charge in [0.25, 0.3) is 5.91 Å². The Hall–Kier alpha value is -4.02.